The SMILES string of the molecule is C=CCOC(=O)NCC1CC(CNC)[C@H](C)C(Sc2ncccn2)O1. The number of alkyl carbamates (subject to hydrolysis) is 1. The minimum Gasteiger partial charge on any atom is -0.445 e. The Hall–Kier alpha value is -1.64. The van der Waals surface area contributed by atoms with E-state index >= 15 is 0 Å². The largest absolute Gasteiger partial charge is 0.445 e. The van der Waals surface area contributed by atoms with Crippen molar-refractivity contribution in [3.8, 4) is 0 Å². The van der Waals surface area contributed by atoms with Crippen molar-refractivity contribution in [3.63, 3.8) is 0 Å². The third-order valence-corrected chi connectivity index (χ3v) is 5.30. The summed E-state index contributed by atoms with van der Waals surface area (Å²) < 4.78 is 11.1. The van der Waals surface area contributed by atoms with Crippen LogP contribution in [0.4, 0.5) is 4.79 Å². The van der Waals surface area contributed by atoms with E-state index in [1.165, 1.54) is 17.8 Å². The van der Waals surface area contributed by atoms with E-state index in [-0.39, 0.29) is 18.1 Å². The lowest BCUT2D eigenvalue weighted by molar-refractivity contribution is -0.0579. The van der Waals surface area contributed by atoms with Crippen molar-refractivity contribution in [1.82, 2.24) is 20.6 Å². The van der Waals surface area contributed by atoms with Crippen molar-refractivity contribution in [2.45, 2.75) is 30.0 Å². The molecule has 0 aromatic carbocycles. The number of thioether (sulfide) groups is 1. The first-order valence-corrected chi connectivity index (χ1v) is 9.27. The van der Waals surface area contributed by atoms with Crippen LogP contribution in [-0.2, 0) is 9.47 Å². The summed E-state index contributed by atoms with van der Waals surface area (Å²) in [6.07, 6.45) is 5.32. The van der Waals surface area contributed by atoms with Crippen molar-refractivity contribution >= 4 is 17.9 Å². The maximum Gasteiger partial charge on any atom is 0.407 e. The van der Waals surface area contributed by atoms with Gasteiger partial charge in [0.1, 0.15) is 12.0 Å². The Morgan fingerprint density at radius 1 is 1.48 bits per heavy atom. The van der Waals surface area contributed by atoms with Crippen LogP contribution in [0, 0.1) is 11.8 Å². The molecule has 0 spiro atoms. The van der Waals surface area contributed by atoms with Gasteiger partial charge in [-0.25, -0.2) is 14.8 Å². The smallest absolute Gasteiger partial charge is 0.407 e. The summed E-state index contributed by atoms with van der Waals surface area (Å²) in [6, 6.07) is 1.79. The molecule has 1 aromatic heterocycles. The van der Waals surface area contributed by atoms with E-state index < -0.39 is 6.09 Å². The zero-order chi connectivity index (χ0) is 18.1. The second kappa shape index (κ2) is 10.4. The number of nitrogens with one attached hydrogen (secondary N) is 2. The Morgan fingerprint density at radius 2 is 2.24 bits per heavy atom. The van der Waals surface area contributed by atoms with Crippen LogP contribution in [0.3, 0.4) is 0 Å². The summed E-state index contributed by atoms with van der Waals surface area (Å²) in [5, 5.41) is 6.70. The predicted molar refractivity (Wildman–Crippen MR) is 97.3 cm³/mol. The molecule has 0 saturated carbocycles. The molecule has 1 aromatic rings. The monoisotopic (exact) mass is 366 g/mol. The third-order valence-electron chi connectivity index (χ3n) is 4.10. The van der Waals surface area contributed by atoms with Gasteiger partial charge in [0.05, 0.1) is 6.10 Å². The molecule has 2 rings (SSSR count). The summed E-state index contributed by atoms with van der Waals surface area (Å²) in [5.74, 6) is 0.779. The predicted octanol–water partition coefficient (Wildman–Crippen LogP) is 2.07. The number of amides is 1. The molecule has 138 valence electrons. The average Bonchev–Trinajstić information content (AvgIpc) is 2.62. The number of carbonyl (C=O) groups is 1. The van der Waals surface area contributed by atoms with Gasteiger partial charge in [0, 0.05) is 18.9 Å². The fourth-order valence-electron chi connectivity index (χ4n) is 2.77. The second-order valence-electron chi connectivity index (χ2n) is 5.96. The highest BCUT2D eigenvalue weighted by atomic mass is 32.2. The standard InChI is InChI=1S/C17H26N4O3S/c1-4-8-23-17(22)21-11-14-9-13(10-18-3)12(2)15(24-14)25-16-19-6-5-7-20-16/h4-7,12-15,18H,1,8-11H2,2-3H3,(H,21,22)/t12-,13?,14?,15?/m0/s1. The van der Waals surface area contributed by atoms with E-state index in [1.54, 1.807) is 18.5 Å². The summed E-state index contributed by atoms with van der Waals surface area (Å²) in [4.78, 5) is 20.2. The number of nitrogens with zero attached hydrogens (tertiary/aromatic N) is 2. The van der Waals surface area contributed by atoms with Gasteiger partial charge < -0.3 is 20.1 Å². The van der Waals surface area contributed by atoms with Gasteiger partial charge in [-0.1, -0.05) is 31.3 Å². The van der Waals surface area contributed by atoms with Gasteiger partial charge in [-0.2, -0.15) is 0 Å². The van der Waals surface area contributed by atoms with Crippen LogP contribution in [0.1, 0.15) is 13.3 Å². The molecule has 3 unspecified atom stereocenters. The molecule has 7 nitrogen and oxygen atoms in total. The van der Waals surface area contributed by atoms with Crippen LogP contribution in [0.15, 0.2) is 36.3 Å². The summed E-state index contributed by atoms with van der Waals surface area (Å²) >= 11 is 1.52. The Kier molecular flexibility index (Phi) is 8.17. The average molecular weight is 366 g/mol. The highest BCUT2D eigenvalue weighted by Gasteiger charge is 2.36. The Balaban J connectivity index is 1.95. The van der Waals surface area contributed by atoms with Crippen molar-refractivity contribution in [2.75, 3.05) is 26.7 Å². The fraction of sp³-hybridized carbons (Fsp3) is 0.588. The Bertz CT molecular complexity index is 546. The summed E-state index contributed by atoms with van der Waals surface area (Å²) in [5.41, 5.74) is -0.0644. The zero-order valence-corrected chi connectivity index (χ0v) is 15.5. The number of carbonyl (C=O) groups excluding carboxylic acids is 1. The lowest BCUT2D eigenvalue weighted by Gasteiger charge is -2.40. The lowest BCUT2D eigenvalue weighted by Crippen LogP contribution is -2.46. The fourth-order valence-corrected chi connectivity index (χ4v) is 3.88. The molecule has 0 bridgehead atoms. The number of hydrogen-bond acceptors (Lipinski definition) is 7. The van der Waals surface area contributed by atoms with E-state index in [0.29, 0.717) is 23.5 Å². The van der Waals surface area contributed by atoms with Crippen LogP contribution in [-0.4, -0.2) is 54.3 Å². The number of rotatable bonds is 8. The molecule has 2 heterocycles. The molecule has 1 aliphatic rings. The zero-order valence-electron chi connectivity index (χ0n) is 14.7. The van der Waals surface area contributed by atoms with Crippen LogP contribution >= 0.6 is 11.8 Å². The number of hydrogen-bond donors (Lipinski definition) is 2. The van der Waals surface area contributed by atoms with Gasteiger partial charge in [0.2, 0.25) is 0 Å². The van der Waals surface area contributed by atoms with E-state index in [0.717, 1.165) is 13.0 Å². The topological polar surface area (TPSA) is 85.4 Å². The summed E-state index contributed by atoms with van der Waals surface area (Å²) in [7, 11) is 1.95. The van der Waals surface area contributed by atoms with Gasteiger partial charge in [-0.15, -0.1) is 0 Å². The second-order valence-corrected chi connectivity index (χ2v) is 7.02. The highest BCUT2D eigenvalue weighted by molar-refractivity contribution is 7.99. The van der Waals surface area contributed by atoms with Crippen molar-refractivity contribution in [2.24, 2.45) is 11.8 Å². The summed E-state index contributed by atoms with van der Waals surface area (Å²) in [6.45, 7) is 7.21. The maximum absolute atomic E-state index is 11.6. The van der Waals surface area contributed by atoms with Crippen LogP contribution in [0.2, 0.25) is 0 Å². The highest BCUT2D eigenvalue weighted by Crippen LogP contribution is 2.37. The Labute approximate surface area is 153 Å². The molecule has 1 aliphatic heterocycles. The van der Waals surface area contributed by atoms with Gasteiger partial charge in [-0.3, -0.25) is 0 Å². The maximum atomic E-state index is 11.6. The lowest BCUT2D eigenvalue weighted by atomic mass is 9.86. The van der Waals surface area contributed by atoms with Crippen LogP contribution in [0.5, 0.6) is 0 Å². The van der Waals surface area contributed by atoms with E-state index in [9.17, 15) is 4.79 Å². The van der Waals surface area contributed by atoms with Gasteiger partial charge >= 0.3 is 6.09 Å². The number of aromatic nitrogens is 2. The van der Waals surface area contributed by atoms with Crippen molar-refractivity contribution in [3.05, 3.63) is 31.1 Å². The molecule has 8 heteroatoms. The minimum absolute atomic E-state index is 0.0644. The van der Waals surface area contributed by atoms with Gasteiger partial charge in [0.15, 0.2) is 5.16 Å². The van der Waals surface area contributed by atoms with E-state index in [1.807, 2.05) is 7.05 Å². The van der Waals surface area contributed by atoms with Gasteiger partial charge in [-0.05, 0) is 37.9 Å². The normalized spacial score (nSPS) is 26.0. The molecule has 25 heavy (non-hydrogen) atoms. The molecule has 0 radical (unpaired) electrons. The minimum atomic E-state index is -0.456. The van der Waals surface area contributed by atoms with E-state index in [2.05, 4.69) is 34.1 Å². The first-order chi connectivity index (χ1) is 12.1. The third kappa shape index (κ3) is 6.30. The van der Waals surface area contributed by atoms with Crippen molar-refractivity contribution in [1.29, 1.82) is 0 Å². The number of ether oxygens (including phenoxy) is 2. The molecule has 1 fully saturated rings. The molecule has 1 amide bonds. The Morgan fingerprint density at radius 3 is 2.92 bits per heavy atom. The molecular weight excluding hydrogens is 340 g/mol. The first kappa shape index (κ1) is 19.7. The quantitative estimate of drug-likeness (QED) is 0.538. The molecule has 4 atom stereocenters. The first-order valence-electron chi connectivity index (χ1n) is 8.39. The molecule has 2 N–H and O–H groups in total. The van der Waals surface area contributed by atoms with Crippen molar-refractivity contribution < 1.29 is 14.3 Å². The van der Waals surface area contributed by atoms with E-state index in [4.69, 9.17) is 9.47 Å². The molecular formula is C17H26N4O3S. The van der Waals surface area contributed by atoms with Crippen LogP contribution in [0.25, 0.3) is 0 Å². The van der Waals surface area contributed by atoms with Gasteiger partial charge in [0.25, 0.3) is 0 Å². The molecule has 0 aliphatic carbocycles. The molecule has 1 saturated heterocycles. The van der Waals surface area contributed by atoms with Crippen LogP contribution < -0.4 is 10.6 Å².